The lowest BCUT2D eigenvalue weighted by atomic mass is 10.1. The zero-order valence-electron chi connectivity index (χ0n) is 11.7. The second kappa shape index (κ2) is 5.36. The minimum absolute atomic E-state index is 0.0148. The molecule has 1 aromatic carbocycles. The van der Waals surface area contributed by atoms with Gasteiger partial charge in [0.2, 0.25) is 0 Å². The lowest BCUT2D eigenvalue weighted by Crippen LogP contribution is -2.23. The highest BCUT2D eigenvalue weighted by Crippen LogP contribution is 2.30. The lowest BCUT2D eigenvalue weighted by Gasteiger charge is -2.09. The average molecular weight is 296 g/mol. The van der Waals surface area contributed by atoms with Gasteiger partial charge in [-0.3, -0.25) is 4.99 Å². The van der Waals surface area contributed by atoms with Crippen LogP contribution in [-0.2, 0) is 0 Å². The largest absolute Gasteiger partial charge is 0.545 e. The molecular formula is C15H12N4O3. The standard InChI is InChI=1S/C15H12N4O3/c1-9-10(15(20)21)3-2-4-12(9)19(22)13-6-5-11-14(18-13)17-8-7-16-11/h2-7H,8H2,1H3,(H-,17,18,20,21). The van der Waals surface area contributed by atoms with E-state index in [-0.39, 0.29) is 17.1 Å². The molecule has 0 bridgehead atoms. The molecule has 1 aromatic heterocycles. The second-order valence-electron chi connectivity index (χ2n) is 4.76. The van der Waals surface area contributed by atoms with Crippen LogP contribution in [-0.4, -0.2) is 23.7 Å². The number of hydrogen-bond acceptors (Lipinski definition) is 6. The van der Waals surface area contributed by atoms with E-state index in [1.807, 2.05) is 0 Å². The normalized spacial score (nSPS) is 12.4. The summed E-state index contributed by atoms with van der Waals surface area (Å²) in [5.74, 6) is -0.640. The molecule has 7 heteroatoms. The number of hydrogen-bond donors (Lipinski definition) is 1. The van der Waals surface area contributed by atoms with Crippen molar-refractivity contribution in [2.24, 2.45) is 4.99 Å². The maximum absolute atomic E-state index is 12.5. The number of carboxylic acid groups (broad SMARTS) is 1. The monoisotopic (exact) mass is 296 g/mol. The van der Waals surface area contributed by atoms with Gasteiger partial charge in [-0.1, -0.05) is 17.0 Å². The van der Waals surface area contributed by atoms with Crippen molar-refractivity contribution in [2.75, 3.05) is 11.9 Å². The van der Waals surface area contributed by atoms with Crippen LogP contribution < -0.4 is 15.2 Å². The quantitative estimate of drug-likeness (QED) is 0.865. The number of carboxylic acids is 1. The van der Waals surface area contributed by atoms with Gasteiger partial charge in [0, 0.05) is 28.2 Å². The Hall–Kier alpha value is -3.09. The molecule has 110 valence electrons. The number of aromatic nitrogens is 1. The predicted octanol–water partition coefficient (Wildman–Crippen LogP) is 1.48. The number of benzene rings is 1. The first kappa shape index (κ1) is 13.9. The third-order valence-corrected chi connectivity index (χ3v) is 3.40. The van der Waals surface area contributed by atoms with Gasteiger partial charge in [-0.25, -0.2) is 0 Å². The number of rotatable bonds is 3. The Morgan fingerprint density at radius 3 is 2.91 bits per heavy atom. The number of carbonyl (C=O) groups excluding carboxylic acids is 1. The second-order valence-corrected chi connectivity index (χ2v) is 4.76. The lowest BCUT2D eigenvalue weighted by molar-refractivity contribution is -0.255. The van der Waals surface area contributed by atoms with E-state index in [0.29, 0.717) is 28.4 Å². The third-order valence-electron chi connectivity index (χ3n) is 3.40. The summed E-state index contributed by atoms with van der Waals surface area (Å²) in [5.41, 5.74) is 1.19. The third kappa shape index (κ3) is 2.32. The molecule has 22 heavy (non-hydrogen) atoms. The molecule has 1 aliphatic heterocycles. The van der Waals surface area contributed by atoms with Crippen LogP contribution in [0.5, 0.6) is 0 Å². The van der Waals surface area contributed by atoms with E-state index in [9.17, 15) is 14.8 Å². The Morgan fingerprint density at radius 2 is 2.14 bits per heavy atom. The molecule has 0 amide bonds. The highest BCUT2D eigenvalue weighted by atomic mass is 16.4. The Morgan fingerprint density at radius 1 is 1.32 bits per heavy atom. The molecule has 0 fully saturated rings. The highest BCUT2D eigenvalue weighted by Gasteiger charge is 2.23. The zero-order chi connectivity index (χ0) is 15.7. The van der Waals surface area contributed by atoms with Crippen molar-refractivity contribution in [2.45, 2.75) is 6.92 Å². The number of nitroso groups, excluding NO2 is 1. The number of carbonyl (C=O) groups is 1. The number of aliphatic imine (C=N–C) groups is 1. The Labute approximate surface area is 125 Å². The number of pyridine rings is 1. The SMILES string of the molecule is Cc1c(C(=O)[O-])cccc1[N+](=O)c1ccc2c(n1)NCC=N2. The van der Waals surface area contributed by atoms with Gasteiger partial charge in [-0.2, -0.15) is 0 Å². The molecule has 0 spiro atoms. The van der Waals surface area contributed by atoms with E-state index in [2.05, 4.69) is 15.3 Å². The molecule has 1 aliphatic rings. The van der Waals surface area contributed by atoms with E-state index >= 15 is 0 Å². The van der Waals surface area contributed by atoms with Gasteiger partial charge in [0.25, 0.3) is 5.82 Å². The molecular weight excluding hydrogens is 284 g/mol. The molecule has 0 saturated carbocycles. The molecule has 2 aromatic rings. The summed E-state index contributed by atoms with van der Waals surface area (Å²) in [7, 11) is 0. The summed E-state index contributed by atoms with van der Waals surface area (Å²) >= 11 is 0. The summed E-state index contributed by atoms with van der Waals surface area (Å²) in [5, 5.41) is 14.1. The fourth-order valence-electron chi connectivity index (χ4n) is 2.26. The van der Waals surface area contributed by atoms with Crippen molar-refractivity contribution in [3.63, 3.8) is 0 Å². The first-order valence-corrected chi connectivity index (χ1v) is 6.63. The summed E-state index contributed by atoms with van der Waals surface area (Å²) in [4.78, 5) is 31.9. The zero-order valence-corrected chi connectivity index (χ0v) is 11.7. The predicted molar refractivity (Wildman–Crippen MR) is 81.2 cm³/mol. The topological polar surface area (TPSA) is 97.5 Å². The van der Waals surface area contributed by atoms with Crippen molar-refractivity contribution in [3.8, 4) is 0 Å². The maximum atomic E-state index is 12.5. The van der Waals surface area contributed by atoms with E-state index in [1.165, 1.54) is 12.1 Å². The van der Waals surface area contributed by atoms with E-state index in [0.717, 1.165) is 0 Å². The molecule has 0 radical (unpaired) electrons. The first-order chi connectivity index (χ1) is 10.6. The average Bonchev–Trinajstić information content (AvgIpc) is 2.53. The van der Waals surface area contributed by atoms with Gasteiger partial charge in [-0.15, -0.1) is 0 Å². The van der Waals surface area contributed by atoms with Crippen LogP contribution in [0.3, 0.4) is 0 Å². The van der Waals surface area contributed by atoms with Crippen molar-refractivity contribution < 1.29 is 9.90 Å². The van der Waals surface area contributed by atoms with Gasteiger partial charge in [-0.05, 0) is 24.0 Å². The highest BCUT2D eigenvalue weighted by molar-refractivity contribution is 5.89. The summed E-state index contributed by atoms with van der Waals surface area (Å²) in [6, 6.07) is 7.67. The van der Waals surface area contributed by atoms with Crippen LogP contribution in [0.2, 0.25) is 0 Å². The van der Waals surface area contributed by atoms with Crippen molar-refractivity contribution in [1.29, 1.82) is 0 Å². The molecule has 0 unspecified atom stereocenters. The molecule has 3 rings (SSSR count). The smallest absolute Gasteiger partial charge is 0.369 e. The molecule has 2 heterocycles. The van der Waals surface area contributed by atoms with Gasteiger partial charge in [0.05, 0.1) is 12.5 Å². The van der Waals surface area contributed by atoms with Crippen molar-refractivity contribution >= 4 is 35.2 Å². The van der Waals surface area contributed by atoms with Crippen LogP contribution in [0, 0.1) is 11.8 Å². The molecule has 0 atom stereocenters. The number of nitrogens with zero attached hydrogens (tertiary/aromatic N) is 3. The number of aromatic carboxylic acids is 1. The minimum Gasteiger partial charge on any atom is -0.545 e. The minimum atomic E-state index is -1.32. The van der Waals surface area contributed by atoms with Crippen LogP contribution in [0.25, 0.3) is 0 Å². The molecule has 0 aliphatic carbocycles. The van der Waals surface area contributed by atoms with Crippen LogP contribution in [0.1, 0.15) is 15.9 Å². The van der Waals surface area contributed by atoms with E-state index in [4.69, 9.17) is 0 Å². The van der Waals surface area contributed by atoms with Crippen molar-refractivity contribution in [3.05, 3.63) is 46.4 Å². The van der Waals surface area contributed by atoms with E-state index in [1.54, 1.807) is 31.3 Å². The Bertz CT molecular complexity index is 814. The van der Waals surface area contributed by atoms with E-state index < -0.39 is 5.97 Å². The summed E-state index contributed by atoms with van der Waals surface area (Å²) < 4.78 is 0.599. The number of nitrogens with one attached hydrogen (secondary N) is 1. The fraction of sp³-hybridized carbons (Fsp3) is 0.133. The molecule has 1 N–H and O–H groups in total. The number of anilines is 1. The van der Waals surface area contributed by atoms with Gasteiger partial charge >= 0.3 is 5.82 Å². The van der Waals surface area contributed by atoms with Crippen LogP contribution in [0.4, 0.5) is 23.0 Å². The molecule has 0 saturated heterocycles. The van der Waals surface area contributed by atoms with Gasteiger partial charge in [0.15, 0.2) is 5.69 Å². The Balaban J connectivity index is 2.03. The number of fused-ring (bicyclic) bond motifs is 1. The molecule has 7 nitrogen and oxygen atoms in total. The Kier molecular flexibility index (Phi) is 3.38. The summed E-state index contributed by atoms with van der Waals surface area (Å²) in [6.07, 6.45) is 1.71. The van der Waals surface area contributed by atoms with Crippen molar-refractivity contribution in [1.82, 2.24) is 9.74 Å². The van der Waals surface area contributed by atoms with Crippen LogP contribution in [0.15, 0.2) is 35.3 Å². The van der Waals surface area contributed by atoms with Gasteiger partial charge in [0.1, 0.15) is 5.69 Å². The summed E-state index contributed by atoms with van der Waals surface area (Å²) in [6.45, 7) is 2.10. The maximum Gasteiger partial charge on any atom is 0.369 e. The first-order valence-electron chi connectivity index (χ1n) is 6.63. The van der Waals surface area contributed by atoms with Crippen LogP contribution >= 0.6 is 0 Å². The fourth-order valence-corrected chi connectivity index (χ4v) is 2.26. The van der Waals surface area contributed by atoms with Gasteiger partial charge < -0.3 is 15.2 Å².